The van der Waals surface area contributed by atoms with E-state index in [1.54, 1.807) is 0 Å². The Labute approximate surface area is 105 Å². The van der Waals surface area contributed by atoms with E-state index in [0.717, 1.165) is 24.9 Å². The Morgan fingerprint density at radius 1 is 1.24 bits per heavy atom. The fraction of sp³-hybridized carbons (Fsp3) is 0.929. The second-order valence-electron chi connectivity index (χ2n) is 5.92. The largest absolute Gasteiger partial charge is 0.356 e. The third-order valence-corrected chi connectivity index (χ3v) is 4.00. The number of hydrogen-bond donors (Lipinski definition) is 2. The first-order valence-electron chi connectivity index (χ1n) is 7.24. The predicted molar refractivity (Wildman–Crippen MR) is 69.8 cm³/mol. The molecule has 2 saturated carbocycles. The molecule has 0 bridgehead atoms. The van der Waals surface area contributed by atoms with E-state index in [0.29, 0.717) is 12.5 Å². The minimum Gasteiger partial charge on any atom is -0.356 e. The minimum atomic E-state index is 0.219. The van der Waals surface area contributed by atoms with Gasteiger partial charge in [0.25, 0.3) is 0 Å². The molecule has 0 aromatic heterocycles. The lowest BCUT2D eigenvalue weighted by molar-refractivity contribution is -0.121. The van der Waals surface area contributed by atoms with Crippen LogP contribution in [0.15, 0.2) is 0 Å². The van der Waals surface area contributed by atoms with Gasteiger partial charge < -0.3 is 10.6 Å². The first-order chi connectivity index (χ1) is 8.24. The SMILES string of the molecule is CC1CCCC(CNC(=O)CCNC2CC2)C1. The summed E-state index contributed by atoms with van der Waals surface area (Å²) in [5.41, 5.74) is 0. The Bertz CT molecular complexity index is 251. The molecule has 2 rings (SSSR count). The monoisotopic (exact) mass is 238 g/mol. The molecule has 2 aliphatic rings. The zero-order chi connectivity index (χ0) is 12.1. The third kappa shape index (κ3) is 5.07. The zero-order valence-corrected chi connectivity index (χ0v) is 11.0. The smallest absolute Gasteiger partial charge is 0.221 e. The molecule has 2 aliphatic carbocycles. The maximum absolute atomic E-state index is 11.6. The van der Waals surface area contributed by atoms with Gasteiger partial charge in [0.2, 0.25) is 5.91 Å². The summed E-state index contributed by atoms with van der Waals surface area (Å²) < 4.78 is 0. The molecular formula is C14H26N2O. The van der Waals surface area contributed by atoms with E-state index in [9.17, 15) is 4.79 Å². The summed E-state index contributed by atoms with van der Waals surface area (Å²) in [5, 5.41) is 6.46. The van der Waals surface area contributed by atoms with Gasteiger partial charge in [0.15, 0.2) is 0 Å². The van der Waals surface area contributed by atoms with Crippen LogP contribution in [0.3, 0.4) is 0 Å². The van der Waals surface area contributed by atoms with Gasteiger partial charge >= 0.3 is 0 Å². The van der Waals surface area contributed by atoms with E-state index >= 15 is 0 Å². The van der Waals surface area contributed by atoms with Crippen LogP contribution in [0.5, 0.6) is 0 Å². The van der Waals surface area contributed by atoms with Gasteiger partial charge in [-0.2, -0.15) is 0 Å². The Kier molecular flexibility index (Phi) is 4.84. The molecule has 98 valence electrons. The minimum absolute atomic E-state index is 0.219. The Morgan fingerprint density at radius 2 is 2.06 bits per heavy atom. The quantitative estimate of drug-likeness (QED) is 0.744. The van der Waals surface area contributed by atoms with Crippen molar-refractivity contribution >= 4 is 5.91 Å². The number of carbonyl (C=O) groups is 1. The average Bonchev–Trinajstić information content (AvgIpc) is 3.11. The predicted octanol–water partition coefficient (Wildman–Crippen LogP) is 2.07. The standard InChI is InChI=1S/C14H26N2O/c1-11-3-2-4-12(9-11)10-16-14(17)7-8-15-13-5-6-13/h11-13,15H,2-10H2,1H3,(H,16,17). The van der Waals surface area contributed by atoms with E-state index in [2.05, 4.69) is 17.6 Å². The maximum Gasteiger partial charge on any atom is 0.221 e. The van der Waals surface area contributed by atoms with Crippen LogP contribution in [-0.2, 0) is 4.79 Å². The molecule has 2 N–H and O–H groups in total. The molecule has 1 amide bonds. The molecule has 17 heavy (non-hydrogen) atoms. The first-order valence-corrected chi connectivity index (χ1v) is 7.24. The summed E-state index contributed by atoms with van der Waals surface area (Å²) in [4.78, 5) is 11.6. The molecule has 2 fully saturated rings. The molecule has 3 heteroatoms. The second kappa shape index (κ2) is 6.39. The molecule has 2 atom stereocenters. The van der Waals surface area contributed by atoms with E-state index in [1.165, 1.54) is 38.5 Å². The van der Waals surface area contributed by atoms with Crippen molar-refractivity contribution in [3.05, 3.63) is 0 Å². The fourth-order valence-electron chi connectivity index (χ4n) is 2.77. The van der Waals surface area contributed by atoms with E-state index in [1.807, 2.05) is 0 Å². The first kappa shape index (κ1) is 12.9. The number of amides is 1. The van der Waals surface area contributed by atoms with E-state index < -0.39 is 0 Å². The third-order valence-electron chi connectivity index (χ3n) is 4.00. The van der Waals surface area contributed by atoms with Crippen LogP contribution in [0.1, 0.15) is 51.9 Å². The van der Waals surface area contributed by atoms with Gasteiger partial charge in [-0.15, -0.1) is 0 Å². The van der Waals surface area contributed by atoms with Crippen LogP contribution in [-0.4, -0.2) is 25.0 Å². The summed E-state index contributed by atoms with van der Waals surface area (Å²) in [6.07, 6.45) is 8.52. The summed E-state index contributed by atoms with van der Waals surface area (Å²) in [5.74, 6) is 1.79. The van der Waals surface area contributed by atoms with Crippen molar-refractivity contribution in [2.24, 2.45) is 11.8 Å². The lowest BCUT2D eigenvalue weighted by Gasteiger charge is -2.26. The van der Waals surface area contributed by atoms with E-state index in [4.69, 9.17) is 0 Å². The van der Waals surface area contributed by atoms with Crippen LogP contribution in [0.25, 0.3) is 0 Å². The molecular weight excluding hydrogens is 212 g/mol. The van der Waals surface area contributed by atoms with Gasteiger partial charge in [-0.25, -0.2) is 0 Å². The van der Waals surface area contributed by atoms with Gasteiger partial charge in [-0.1, -0.05) is 19.8 Å². The van der Waals surface area contributed by atoms with Crippen LogP contribution >= 0.6 is 0 Å². The molecule has 0 heterocycles. The van der Waals surface area contributed by atoms with Crippen LogP contribution in [0, 0.1) is 11.8 Å². The average molecular weight is 238 g/mol. The summed E-state index contributed by atoms with van der Waals surface area (Å²) in [6, 6.07) is 0.710. The van der Waals surface area contributed by atoms with Crippen molar-refractivity contribution in [3.8, 4) is 0 Å². The highest BCUT2D eigenvalue weighted by Gasteiger charge is 2.21. The van der Waals surface area contributed by atoms with E-state index in [-0.39, 0.29) is 5.91 Å². The maximum atomic E-state index is 11.6. The Hall–Kier alpha value is -0.570. The highest BCUT2D eigenvalue weighted by molar-refractivity contribution is 5.76. The highest BCUT2D eigenvalue weighted by atomic mass is 16.1. The van der Waals surface area contributed by atoms with Gasteiger partial charge in [-0.3, -0.25) is 4.79 Å². The van der Waals surface area contributed by atoms with Gasteiger partial charge in [0.1, 0.15) is 0 Å². The summed E-state index contributed by atoms with van der Waals surface area (Å²) in [6.45, 7) is 4.07. The summed E-state index contributed by atoms with van der Waals surface area (Å²) >= 11 is 0. The number of nitrogens with one attached hydrogen (secondary N) is 2. The van der Waals surface area contributed by atoms with Crippen molar-refractivity contribution in [3.63, 3.8) is 0 Å². The van der Waals surface area contributed by atoms with Crippen molar-refractivity contribution < 1.29 is 4.79 Å². The molecule has 0 aromatic rings. The molecule has 0 aliphatic heterocycles. The van der Waals surface area contributed by atoms with Crippen LogP contribution in [0.2, 0.25) is 0 Å². The van der Waals surface area contributed by atoms with Gasteiger partial charge in [-0.05, 0) is 37.5 Å². The molecule has 3 nitrogen and oxygen atoms in total. The molecule has 0 saturated heterocycles. The van der Waals surface area contributed by atoms with Crippen molar-refractivity contribution in [1.29, 1.82) is 0 Å². The molecule has 2 unspecified atom stereocenters. The molecule has 0 spiro atoms. The number of rotatable bonds is 6. The van der Waals surface area contributed by atoms with Crippen LogP contribution in [0.4, 0.5) is 0 Å². The van der Waals surface area contributed by atoms with Crippen molar-refractivity contribution in [2.75, 3.05) is 13.1 Å². The molecule has 0 aromatic carbocycles. The second-order valence-corrected chi connectivity index (χ2v) is 5.92. The molecule has 0 radical (unpaired) electrons. The fourth-order valence-corrected chi connectivity index (χ4v) is 2.77. The lowest BCUT2D eigenvalue weighted by atomic mass is 9.82. The Morgan fingerprint density at radius 3 is 2.76 bits per heavy atom. The van der Waals surface area contributed by atoms with Crippen molar-refractivity contribution in [2.45, 2.75) is 57.9 Å². The zero-order valence-electron chi connectivity index (χ0n) is 11.0. The number of carbonyl (C=O) groups excluding carboxylic acids is 1. The van der Waals surface area contributed by atoms with Crippen molar-refractivity contribution in [1.82, 2.24) is 10.6 Å². The highest BCUT2D eigenvalue weighted by Crippen LogP contribution is 2.27. The van der Waals surface area contributed by atoms with Crippen LogP contribution < -0.4 is 10.6 Å². The normalized spacial score (nSPS) is 29.0. The topological polar surface area (TPSA) is 41.1 Å². The van der Waals surface area contributed by atoms with Gasteiger partial charge in [0.05, 0.1) is 0 Å². The summed E-state index contributed by atoms with van der Waals surface area (Å²) in [7, 11) is 0. The Balaban J connectivity index is 1.52. The van der Waals surface area contributed by atoms with Gasteiger partial charge in [0, 0.05) is 25.6 Å². The number of hydrogen-bond acceptors (Lipinski definition) is 2. The lowest BCUT2D eigenvalue weighted by Crippen LogP contribution is -2.33.